The van der Waals surface area contributed by atoms with Gasteiger partial charge < -0.3 is 20.5 Å². The van der Waals surface area contributed by atoms with Crippen LogP contribution < -0.4 is 15.8 Å². The fourth-order valence-electron chi connectivity index (χ4n) is 2.01. The topological polar surface area (TPSA) is 73.6 Å². The number of halogens is 2. The maximum atomic E-state index is 12.2. The molecule has 2 rings (SSSR count). The molecule has 1 saturated heterocycles. The van der Waals surface area contributed by atoms with Crippen LogP contribution in [0.5, 0.6) is 5.75 Å². The van der Waals surface area contributed by atoms with Gasteiger partial charge in [-0.15, -0.1) is 0 Å². The predicted molar refractivity (Wildman–Crippen MR) is 81.2 cm³/mol. The highest BCUT2D eigenvalue weighted by Crippen LogP contribution is 2.37. The zero-order valence-corrected chi connectivity index (χ0v) is 13.3. The number of anilines is 1. The lowest BCUT2D eigenvalue weighted by Gasteiger charge is -2.17. The minimum absolute atomic E-state index is 0.190. The van der Waals surface area contributed by atoms with Crippen LogP contribution in [0.2, 0.25) is 5.02 Å². The maximum Gasteiger partial charge on any atom is 0.231 e. The molecule has 2 atom stereocenters. The number of hydrogen-bond donors (Lipinski definition) is 2. The highest BCUT2D eigenvalue weighted by atomic mass is 79.9. The smallest absolute Gasteiger partial charge is 0.231 e. The standard InChI is InChI=1S/C13H16BrClN2O3/c1-2-20-12-9(14)3-7(15)4-11(12)17-13(18)8-5-19-6-10(8)16/h3-4,8,10H,2,5-6,16H2,1H3,(H,17,18). The van der Waals surface area contributed by atoms with Crippen LogP contribution in [-0.4, -0.2) is 31.8 Å². The molecule has 20 heavy (non-hydrogen) atoms. The Kier molecular flexibility index (Phi) is 5.26. The third-order valence-corrected chi connectivity index (χ3v) is 3.82. The number of amides is 1. The highest BCUT2D eigenvalue weighted by molar-refractivity contribution is 9.10. The number of carbonyl (C=O) groups is 1. The van der Waals surface area contributed by atoms with Crippen molar-refractivity contribution in [1.82, 2.24) is 0 Å². The first kappa shape index (κ1) is 15.6. The van der Waals surface area contributed by atoms with Crippen molar-refractivity contribution in [3.05, 3.63) is 21.6 Å². The van der Waals surface area contributed by atoms with Crippen LogP contribution in [0, 0.1) is 5.92 Å². The average molecular weight is 364 g/mol. The van der Waals surface area contributed by atoms with Crippen molar-refractivity contribution in [3.8, 4) is 5.75 Å². The van der Waals surface area contributed by atoms with Crippen LogP contribution in [0.4, 0.5) is 5.69 Å². The van der Waals surface area contributed by atoms with Gasteiger partial charge in [0.2, 0.25) is 5.91 Å². The fourth-order valence-corrected chi connectivity index (χ4v) is 2.94. The van der Waals surface area contributed by atoms with E-state index in [0.717, 1.165) is 0 Å². The van der Waals surface area contributed by atoms with Crippen molar-refractivity contribution in [1.29, 1.82) is 0 Å². The first-order chi connectivity index (χ1) is 9.52. The zero-order valence-electron chi connectivity index (χ0n) is 11.0. The van der Waals surface area contributed by atoms with Gasteiger partial charge in [0.1, 0.15) is 0 Å². The van der Waals surface area contributed by atoms with E-state index in [2.05, 4.69) is 21.2 Å². The van der Waals surface area contributed by atoms with Crippen LogP contribution in [0.1, 0.15) is 6.92 Å². The van der Waals surface area contributed by atoms with Gasteiger partial charge in [-0.25, -0.2) is 0 Å². The van der Waals surface area contributed by atoms with Crippen molar-refractivity contribution >= 4 is 39.1 Å². The van der Waals surface area contributed by atoms with Gasteiger partial charge in [-0.3, -0.25) is 4.79 Å². The number of hydrogen-bond acceptors (Lipinski definition) is 4. The van der Waals surface area contributed by atoms with E-state index in [9.17, 15) is 4.79 Å². The number of carbonyl (C=O) groups excluding carboxylic acids is 1. The summed E-state index contributed by atoms with van der Waals surface area (Å²) in [4.78, 5) is 12.2. The molecule has 5 nitrogen and oxygen atoms in total. The molecule has 1 aliphatic heterocycles. The lowest BCUT2D eigenvalue weighted by molar-refractivity contribution is -0.120. The van der Waals surface area contributed by atoms with E-state index in [1.807, 2.05) is 6.92 Å². The van der Waals surface area contributed by atoms with Crippen LogP contribution >= 0.6 is 27.5 Å². The average Bonchev–Trinajstić information content (AvgIpc) is 2.80. The Bertz CT molecular complexity index is 513. The van der Waals surface area contributed by atoms with Crippen LogP contribution in [0.3, 0.4) is 0 Å². The molecule has 110 valence electrons. The number of ether oxygens (including phenoxy) is 2. The largest absolute Gasteiger partial charge is 0.491 e. The molecule has 1 fully saturated rings. The van der Waals surface area contributed by atoms with Gasteiger partial charge in [0, 0.05) is 11.1 Å². The van der Waals surface area contributed by atoms with Gasteiger partial charge >= 0.3 is 0 Å². The van der Waals surface area contributed by atoms with Gasteiger partial charge in [0.05, 0.1) is 35.9 Å². The summed E-state index contributed by atoms with van der Waals surface area (Å²) in [7, 11) is 0. The molecule has 0 saturated carbocycles. The van der Waals surface area contributed by atoms with E-state index in [1.54, 1.807) is 12.1 Å². The van der Waals surface area contributed by atoms with Gasteiger partial charge in [0.25, 0.3) is 0 Å². The van der Waals surface area contributed by atoms with Gasteiger partial charge in [-0.1, -0.05) is 11.6 Å². The van der Waals surface area contributed by atoms with Gasteiger partial charge in [-0.05, 0) is 35.0 Å². The van der Waals surface area contributed by atoms with Crippen molar-refractivity contribution in [2.24, 2.45) is 11.7 Å². The second kappa shape index (κ2) is 6.76. The van der Waals surface area contributed by atoms with E-state index in [1.165, 1.54) is 0 Å². The Hall–Kier alpha value is -0.820. The number of benzene rings is 1. The zero-order chi connectivity index (χ0) is 14.7. The van der Waals surface area contributed by atoms with Gasteiger partial charge in [-0.2, -0.15) is 0 Å². The molecule has 3 N–H and O–H groups in total. The van der Waals surface area contributed by atoms with E-state index in [0.29, 0.717) is 40.8 Å². The van der Waals surface area contributed by atoms with E-state index >= 15 is 0 Å². The summed E-state index contributed by atoms with van der Waals surface area (Å²) in [5.74, 6) is 0.00471. The Morgan fingerprint density at radius 1 is 1.60 bits per heavy atom. The van der Waals surface area contributed by atoms with E-state index in [-0.39, 0.29) is 17.9 Å². The quantitative estimate of drug-likeness (QED) is 0.861. The molecule has 0 radical (unpaired) electrons. The van der Waals surface area contributed by atoms with Gasteiger partial charge in [0.15, 0.2) is 5.75 Å². The third kappa shape index (κ3) is 3.44. The maximum absolute atomic E-state index is 12.2. The highest BCUT2D eigenvalue weighted by Gasteiger charge is 2.32. The predicted octanol–water partition coefficient (Wildman–Crippen LogP) is 2.41. The summed E-state index contributed by atoms with van der Waals surface area (Å²) in [6, 6.07) is 3.08. The Labute approximate surface area is 130 Å². The molecular weight excluding hydrogens is 348 g/mol. The number of rotatable bonds is 4. The minimum atomic E-state index is -0.359. The second-order valence-corrected chi connectivity index (χ2v) is 5.79. The molecule has 0 aliphatic carbocycles. The Balaban J connectivity index is 2.21. The van der Waals surface area contributed by atoms with E-state index < -0.39 is 0 Å². The molecule has 1 heterocycles. The van der Waals surface area contributed by atoms with Crippen molar-refractivity contribution < 1.29 is 14.3 Å². The molecular formula is C13H16BrClN2O3. The van der Waals surface area contributed by atoms with Crippen LogP contribution in [-0.2, 0) is 9.53 Å². The molecule has 0 aromatic heterocycles. The Morgan fingerprint density at radius 2 is 2.35 bits per heavy atom. The summed E-state index contributed by atoms with van der Waals surface area (Å²) in [6.45, 7) is 3.08. The van der Waals surface area contributed by atoms with Crippen LogP contribution in [0.25, 0.3) is 0 Å². The summed E-state index contributed by atoms with van der Waals surface area (Å²) < 4.78 is 11.4. The van der Waals surface area contributed by atoms with E-state index in [4.69, 9.17) is 26.8 Å². The molecule has 1 aromatic carbocycles. The number of nitrogens with two attached hydrogens (primary N) is 1. The molecule has 1 aliphatic rings. The molecule has 7 heteroatoms. The number of nitrogens with one attached hydrogen (secondary N) is 1. The first-order valence-corrected chi connectivity index (χ1v) is 7.46. The fraction of sp³-hybridized carbons (Fsp3) is 0.462. The van der Waals surface area contributed by atoms with Crippen molar-refractivity contribution in [2.75, 3.05) is 25.1 Å². The lowest BCUT2D eigenvalue weighted by atomic mass is 10.0. The SMILES string of the molecule is CCOc1c(Br)cc(Cl)cc1NC(=O)C1COCC1N. The molecule has 1 aromatic rings. The minimum Gasteiger partial charge on any atom is -0.491 e. The van der Waals surface area contributed by atoms with Crippen molar-refractivity contribution in [3.63, 3.8) is 0 Å². The molecule has 2 unspecified atom stereocenters. The lowest BCUT2D eigenvalue weighted by Crippen LogP contribution is -2.37. The summed E-state index contributed by atoms with van der Waals surface area (Å²) in [5.41, 5.74) is 6.36. The van der Waals surface area contributed by atoms with Crippen LogP contribution in [0.15, 0.2) is 16.6 Å². The summed E-state index contributed by atoms with van der Waals surface area (Å²) in [5, 5.41) is 3.31. The first-order valence-electron chi connectivity index (χ1n) is 6.29. The third-order valence-electron chi connectivity index (χ3n) is 3.02. The normalized spacial score (nSPS) is 21.8. The molecule has 1 amide bonds. The molecule has 0 bridgehead atoms. The van der Waals surface area contributed by atoms with Crippen molar-refractivity contribution in [2.45, 2.75) is 13.0 Å². The summed E-state index contributed by atoms with van der Waals surface area (Å²) in [6.07, 6.45) is 0. The molecule has 0 spiro atoms. The summed E-state index contributed by atoms with van der Waals surface area (Å²) >= 11 is 9.38. The Morgan fingerprint density at radius 3 is 2.95 bits per heavy atom. The monoisotopic (exact) mass is 362 g/mol. The second-order valence-electron chi connectivity index (χ2n) is 4.49.